The van der Waals surface area contributed by atoms with Gasteiger partial charge in [-0.15, -0.1) is 0 Å². The third kappa shape index (κ3) is 1.88. The van der Waals surface area contributed by atoms with Gasteiger partial charge in [-0.3, -0.25) is 9.78 Å². The highest BCUT2D eigenvalue weighted by molar-refractivity contribution is 5.77. The molecule has 0 saturated heterocycles. The first-order valence-electron chi connectivity index (χ1n) is 4.11. The molecule has 1 aromatic rings. The summed E-state index contributed by atoms with van der Waals surface area (Å²) in [5, 5.41) is 8.70. The molecule has 0 aliphatic rings. The number of methoxy groups -OCH3 is 1. The lowest BCUT2D eigenvalue weighted by atomic mass is 10.0. The maximum atomic E-state index is 10.7. The highest BCUT2D eigenvalue weighted by atomic mass is 16.5. The van der Waals surface area contributed by atoms with E-state index in [4.69, 9.17) is 10.00 Å². The summed E-state index contributed by atoms with van der Waals surface area (Å²) in [4.78, 5) is 14.7. The van der Waals surface area contributed by atoms with Gasteiger partial charge in [0.15, 0.2) is 6.29 Å². The highest BCUT2D eigenvalue weighted by Crippen LogP contribution is 2.19. The number of aldehydes is 1. The number of carbonyl (C=O) groups excluding carboxylic acids is 1. The van der Waals surface area contributed by atoms with E-state index in [2.05, 4.69) is 4.98 Å². The van der Waals surface area contributed by atoms with Crippen molar-refractivity contribution in [3.8, 4) is 11.8 Å². The van der Waals surface area contributed by atoms with Crippen LogP contribution in [0.5, 0.6) is 5.75 Å². The molecule has 0 N–H and O–H groups in total. The maximum absolute atomic E-state index is 10.7. The minimum Gasteiger partial charge on any atom is -0.495 e. The fourth-order valence-electron chi connectivity index (χ4n) is 1.10. The average molecular weight is 190 g/mol. The Balaban J connectivity index is 3.19. The fourth-order valence-corrected chi connectivity index (χ4v) is 1.10. The minimum atomic E-state index is -0.388. The molecule has 0 amide bonds. The second kappa shape index (κ2) is 4.38. The van der Waals surface area contributed by atoms with E-state index >= 15 is 0 Å². The van der Waals surface area contributed by atoms with Crippen molar-refractivity contribution in [2.45, 2.75) is 12.8 Å². The van der Waals surface area contributed by atoms with Crippen LogP contribution in [0, 0.1) is 11.3 Å². The van der Waals surface area contributed by atoms with Gasteiger partial charge in [-0.05, 0) is 13.0 Å². The van der Waals surface area contributed by atoms with E-state index in [1.165, 1.54) is 13.3 Å². The molecule has 0 aromatic carbocycles. The topological polar surface area (TPSA) is 63.0 Å². The molecule has 14 heavy (non-hydrogen) atoms. The van der Waals surface area contributed by atoms with Crippen LogP contribution in [-0.2, 0) is 0 Å². The standard InChI is InChI=1S/C10H10N2O2/c1-7(4-11)10-8(6-13)3-9(14-2)5-12-10/h3,5-7H,1-2H3. The average Bonchev–Trinajstić information content (AvgIpc) is 2.27. The van der Waals surface area contributed by atoms with E-state index in [0.29, 0.717) is 23.3 Å². The van der Waals surface area contributed by atoms with E-state index in [-0.39, 0.29) is 5.92 Å². The van der Waals surface area contributed by atoms with Gasteiger partial charge < -0.3 is 4.74 Å². The van der Waals surface area contributed by atoms with Crippen molar-refractivity contribution in [3.63, 3.8) is 0 Å². The Labute approximate surface area is 82.1 Å². The fraction of sp³-hybridized carbons (Fsp3) is 0.300. The summed E-state index contributed by atoms with van der Waals surface area (Å²) in [5.74, 6) is 0.127. The lowest BCUT2D eigenvalue weighted by molar-refractivity contribution is 0.112. The molecule has 0 aliphatic carbocycles. The maximum Gasteiger partial charge on any atom is 0.152 e. The van der Waals surface area contributed by atoms with E-state index in [1.807, 2.05) is 6.07 Å². The van der Waals surface area contributed by atoms with Crippen molar-refractivity contribution in [1.29, 1.82) is 5.26 Å². The Kier molecular flexibility index (Phi) is 3.19. The van der Waals surface area contributed by atoms with Gasteiger partial charge in [0.05, 0.1) is 31.0 Å². The predicted molar refractivity (Wildman–Crippen MR) is 50.2 cm³/mol. The Bertz CT molecular complexity index is 382. The van der Waals surface area contributed by atoms with E-state index in [9.17, 15) is 4.79 Å². The molecule has 1 unspecified atom stereocenters. The van der Waals surface area contributed by atoms with Crippen LogP contribution in [0.1, 0.15) is 28.9 Å². The van der Waals surface area contributed by atoms with Crippen LogP contribution in [0.4, 0.5) is 0 Å². The van der Waals surface area contributed by atoms with Crippen LogP contribution in [0.15, 0.2) is 12.3 Å². The molecule has 72 valence electrons. The van der Waals surface area contributed by atoms with E-state index < -0.39 is 0 Å². The Morgan fingerprint density at radius 1 is 1.71 bits per heavy atom. The zero-order chi connectivity index (χ0) is 10.6. The van der Waals surface area contributed by atoms with E-state index in [1.54, 1.807) is 13.0 Å². The van der Waals surface area contributed by atoms with Crippen LogP contribution in [-0.4, -0.2) is 18.4 Å². The molecule has 1 aromatic heterocycles. The first-order chi connectivity index (χ1) is 6.72. The van der Waals surface area contributed by atoms with Crippen molar-refractivity contribution in [2.24, 2.45) is 0 Å². The largest absolute Gasteiger partial charge is 0.495 e. The molecule has 1 atom stereocenters. The zero-order valence-corrected chi connectivity index (χ0v) is 8.02. The van der Waals surface area contributed by atoms with Gasteiger partial charge in [-0.25, -0.2) is 0 Å². The number of ether oxygens (including phenoxy) is 1. The van der Waals surface area contributed by atoms with Crippen molar-refractivity contribution in [1.82, 2.24) is 4.98 Å². The smallest absolute Gasteiger partial charge is 0.152 e. The summed E-state index contributed by atoms with van der Waals surface area (Å²) in [6, 6.07) is 3.60. The Morgan fingerprint density at radius 2 is 2.43 bits per heavy atom. The van der Waals surface area contributed by atoms with Gasteiger partial charge in [0.2, 0.25) is 0 Å². The van der Waals surface area contributed by atoms with Crippen molar-refractivity contribution in [3.05, 3.63) is 23.5 Å². The highest BCUT2D eigenvalue weighted by Gasteiger charge is 2.11. The summed E-state index contributed by atoms with van der Waals surface area (Å²) in [7, 11) is 1.50. The Morgan fingerprint density at radius 3 is 2.93 bits per heavy atom. The summed E-state index contributed by atoms with van der Waals surface area (Å²) in [5.41, 5.74) is 0.890. The molecule has 0 saturated carbocycles. The monoisotopic (exact) mass is 190 g/mol. The summed E-state index contributed by atoms with van der Waals surface area (Å²) >= 11 is 0. The van der Waals surface area contributed by atoms with Gasteiger partial charge >= 0.3 is 0 Å². The number of rotatable bonds is 3. The second-order valence-electron chi connectivity index (χ2n) is 2.82. The molecule has 1 heterocycles. The number of aromatic nitrogens is 1. The quantitative estimate of drug-likeness (QED) is 0.678. The summed E-state index contributed by atoms with van der Waals surface area (Å²) < 4.78 is 4.92. The first-order valence-corrected chi connectivity index (χ1v) is 4.11. The minimum absolute atomic E-state index is 0.388. The number of hydrogen-bond acceptors (Lipinski definition) is 4. The van der Waals surface area contributed by atoms with E-state index in [0.717, 1.165) is 0 Å². The van der Waals surface area contributed by atoms with Crippen LogP contribution in [0.2, 0.25) is 0 Å². The van der Waals surface area contributed by atoms with Gasteiger partial charge in [0, 0.05) is 5.56 Å². The molecule has 4 nitrogen and oxygen atoms in total. The number of nitriles is 1. The van der Waals surface area contributed by atoms with Crippen LogP contribution in [0.25, 0.3) is 0 Å². The van der Waals surface area contributed by atoms with Crippen molar-refractivity contribution in [2.75, 3.05) is 7.11 Å². The first kappa shape index (κ1) is 10.2. The molecule has 0 aliphatic heterocycles. The molecular formula is C10H10N2O2. The normalized spacial score (nSPS) is 11.5. The lowest BCUT2D eigenvalue weighted by Gasteiger charge is -2.06. The van der Waals surface area contributed by atoms with Crippen LogP contribution in [0.3, 0.4) is 0 Å². The molecular weight excluding hydrogens is 180 g/mol. The van der Waals surface area contributed by atoms with Crippen LogP contribution < -0.4 is 4.74 Å². The number of pyridine rings is 1. The Hall–Kier alpha value is -1.89. The SMILES string of the molecule is COc1cnc(C(C)C#N)c(C=O)c1. The number of hydrogen-bond donors (Lipinski definition) is 0. The summed E-state index contributed by atoms with van der Waals surface area (Å²) in [6.45, 7) is 1.70. The van der Waals surface area contributed by atoms with Crippen LogP contribution >= 0.6 is 0 Å². The number of nitrogens with zero attached hydrogens (tertiary/aromatic N) is 2. The molecule has 4 heteroatoms. The van der Waals surface area contributed by atoms with Gasteiger partial charge in [-0.1, -0.05) is 0 Å². The van der Waals surface area contributed by atoms with Gasteiger partial charge in [0.1, 0.15) is 5.75 Å². The molecule has 0 fully saturated rings. The van der Waals surface area contributed by atoms with Crippen molar-refractivity contribution >= 4 is 6.29 Å². The number of carbonyl (C=O) groups is 1. The molecule has 1 rings (SSSR count). The summed E-state index contributed by atoms with van der Waals surface area (Å²) in [6.07, 6.45) is 2.18. The van der Waals surface area contributed by atoms with Crippen molar-refractivity contribution < 1.29 is 9.53 Å². The third-order valence-corrected chi connectivity index (χ3v) is 1.89. The second-order valence-corrected chi connectivity index (χ2v) is 2.82. The molecule has 0 radical (unpaired) electrons. The van der Waals surface area contributed by atoms with Gasteiger partial charge in [-0.2, -0.15) is 5.26 Å². The van der Waals surface area contributed by atoms with Gasteiger partial charge in [0.25, 0.3) is 0 Å². The molecule has 0 spiro atoms. The zero-order valence-electron chi connectivity index (χ0n) is 8.02. The lowest BCUT2D eigenvalue weighted by Crippen LogP contribution is -2.01. The molecule has 0 bridgehead atoms. The third-order valence-electron chi connectivity index (χ3n) is 1.89. The predicted octanol–water partition coefficient (Wildman–Crippen LogP) is 1.53.